The molecule has 0 saturated carbocycles. The molecule has 0 unspecified atom stereocenters. The lowest BCUT2D eigenvalue weighted by Crippen LogP contribution is -2.35. The van der Waals surface area contributed by atoms with Gasteiger partial charge in [-0.15, -0.1) is 22.7 Å². The molecule has 3 heterocycles. The van der Waals surface area contributed by atoms with Crippen LogP contribution >= 0.6 is 22.7 Å². The third-order valence-corrected chi connectivity index (χ3v) is 8.16. The number of sulfonamides is 1. The highest BCUT2D eigenvalue weighted by atomic mass is 32.2. The number of hydrogen-bond donors (Lipinski definition) is 1. The zero-order valence-electron chi connectivity index (χ0n) is 15.6. The highest BCUT2D eigenvalue weighted by molar-refractivity contribution is 7.89. The normalized spacial score (nSPS) is 14.4. The van der Waals surface area contributed by atoms with Crippen LogP contribution in [0.3, 0.4) is 0 Å². The number of fused-ring (bicyclic) bond motifs is 1. The van der Waals surface area contributed by atoms with Gasteiger partial charge in [0, 0.05) is 17.8 Å². The van der Waals surface area contributed by atoms with Crippen molar-refractivity contribution in [3.63, 3.8) is 0 Å². The maximum Gasteiger partial charge on any atom is 0.267 e. The van der Waals surface area contributed by atoms with Crippen LogP contribution in [0.1, 0.15) is 27.2 Å². The van der Waals surface area contributed by atoms with E-state index in [2.05, 4.69) is 10.3 Å². The molecule has 1 aromatic carbocycles. The first kappa shape index (κ1) is 20.0. The van der Waals surface area contributed by atoms with Crippen LogP contribution in [0.15, 0.2) is 46.7 Å². The Morgan fingerprint density at radius 2 is 2.07 bits per heavy atom. The predicted molar refractivity (Wildman–Crippen MR) is 113 cm³/mol. The van der Waals surface area contributed by atoms with Gasteiger partial charge in [0.25, 0.3) is 5.91 Å². The minimum atomic E-state index is -3.61. The zero-order chi connectivity index (χ0) is 20.4. The van der Waals surface area contributed by atoms with E-state index in [-0.39, 0.29) is 17.3 Å². The van der Waals surface area contributed by atoms with Gasteiger partial charge in [0.2, 0.25) is 10.0 Å². The van der Waals surface area contributed by atoms with Gasteiger partial charge >= 0.3 is 0 Å². The minimum absolute atomic E-state index is 0.204. The van der Waals surface area contributed by atoms with Crippen molar-refractivity contribution in [3.05, 3.63) is 57.2 Å². The van der Waals surface area contributed by atoms with Crippen molar-refractivity contribution < 1.29 is 17.9 Å². The standard InChI is InChI=1S/C19H19N3O4S3/c1-2-26-13-5-7-14(8-6-13)29(24,25)22-10-9-15-17(12-22)28-19(20-15)21-18(23)16-4-3-11-27-16/h3-8,11H,2,9-10,12H2,1H3,(H,20,21,23). The summed E-state index contributed by atoms with van der Waals surface area (Å²) in [6, 6.07) is 10.0. The molecule has 2 aromatic heterocycles. The fourth-order valence-corrected chi connectivity index (χ4v) is 6.15. The number of rotatable bonds is 6. The molecule has 0 saturated heterocycles. The topological polar surface area (TPSA) is 88.6 Å². The number of thiazole rings is 1. The molecule has 0 bridgehead atoms. The Morgan fingerprint density at radius 3 is 2.76 bits per heavy atom. The molecule has 0 atom stereocenters. The van der Waals surface area contributed by atoms with E-state index in [1.165, 1.54) is 27.0 Å². The average Bonchev–Trinajstić information content (AvgIpc) is 3.37. The molecule has 29 heavy (non-hydrogen) atoms. The number of thiophene rings is 1. The lowest BCUT2D eigenvalue weighted by Gasteiger charge is -2.25. The molecule has 7 nitrogen and oxygen atoms in total. The summed E-state index contributed by atoms with van der Waals surface area (Å²) in [4.78, 5) is 18.4. The van der Waals surface area contributed by atoms with Crippen LogP contribution in [0.4, 0.5) is 5.13 Å². The van der Waals surface area contributed by atoms with Crippen molar-refractivity contribution >= 4 is 43.7 Å². The second-order valence-corrected chi connectivity index (χ2v) is 10.3. The molecule has 4 rings (SSSR count). The summed E-state index contributed by atoms with van der Waals surface area (Å²) in [5, 5.41) is 5.13. The molecule has 1 aliphatic rings. The largest absolute Gasteiger partial charge is 0.494 e. The van der Waals surface area contributed by atoms with Crippen molar-refractivity contribution in [2.75, 3.05) is 18.5 Å². The van der Waals surface area contributed by atoms with Crippen molar-refractivity contribution in [3.8, 4) is 5.75 Å². The van der Waals surface area contributed by atoms with Crippen LogP contribution in [0, 0.1) is 0 Å². The Morgan fingerprint density at radius 1 is 1.28 bits per heavy atom. The lowest BCUT2D eigenvalue weighted by molar-refractivity contribution is 0.103. The third kappa shape index (κ3) is 4.20. The van der Waals surface area contributed by atoms with Gasteiger partial charge in [-0.1, -0.05) is 6.07 Å². The second kappa shape index (κ2) is 8.23. The molecule has 3 aromatic rings. The van der Waals surface area contributed by atoms with Crippen molar-refractivity contribution in [2.24, 2.45) is 0 Å². The van der Waals surface area contributed by atoms with Gasteiger partial charge in [0.05, 0.1) is 28.6 Å². The zero-order valence-corrected chi connectivity index (χ0v) is 18.1. The molecule has 1 N–H and O–H groups in total. The maximum absolute atomic E-state index is 13.0. The molecule has 0 spiro atoms. The number of ether oxygens (including phenoxy) is 1. The van der Waals surface area contributed by atoms with Gasteiger partial charge in [-0.25, -0.2) is 13.4 Å². The van der Waals surface area contributed by atoms with Gasteiger partial charge in [-0.3, -0.25) is 10.1 Å². The smallest absolute Gasteiger partial charge is 0.267 e. The van der Waals surface area contributed by atoms with E-state index in [1.54, 1.807) is 30.3 Å². The molecule has 0 radical (unpaired) electrons. The summed E-state index contributed by atoms with van der Waals surface area (Å²) in [5.74, 6) is 0.436. The quantitative estimate of drug-likeness (QED) is 0.621. The van der Waals surface area contributed by atoms with Gasteiger partial charge in [0.15, 0.2) is 5.13 Å². The van der Waals surface area contributed by atoms with Gasteiger partial charge in [-0.05, 0) is 42.6 Å². The summed E-state index contributed by atoms with van der Waals surface area (Å²) >= 11 is 2.68. The predicted octanol–water partition coefficient (Wildman–Crippen LogP) is 3.60. The van der Waals surface area contributed by atoms with Crippen LogP contribution in [0.25, 0.3) is 0 Å². The molecule has 10 heteroatoms. The Balaban J connectivity index is 1.49. The number of anilines is 1. The molecule has 0 aliphatic carbocycles. The Hall–Kier alpha value is -2.27. The molecule has 0 fully saturated rings. The SMILES string of the molecule is CCOc1ccc(S(=O)(=O)N2CCc3nc(NC(=O)c4cccs4)sc3C2)cc1. The van der Waals surface area contributed by atoms with E-state index < -0.39 is 10.0 Å². The van der Waals surface area contributed by atoms with Crippen molar-refractivity contribution in [1.29, 1.82) is 0 Å². The third-order valence-electron chi connectivity index (χ3n) is 4.43. The molecular formula is C19H19N3O4S3. The lowest BCUT2D eigenvalue weighted by atomic mass is 10.2. The second-order valence-electron chi connectivity index (χ2n) is 6.31. The number of amides is 1. The van der Waals surface area contributed by atoms with E-state index in [4.69, 9.17) is 4.74 Å². The summed E-state index contributed by atoms with van der Waals surface area (Å²) in [7, 11) is -3.61. The molecular weight excluding hydrogens is 430 g/mol. The van der Waals surface area contributed by atoms with Gasteiger partial charge < -0.3 is 4.74 Å². The molecule has 152 valence electrons. The molecule has 1 amide bonds. The number of aromatic nitrogens is 1. The Labute approximate surface area is 177 Å². The summed E-state index contributed by atoms with van der Waals surface area (Å²) < 4.78 is 32.8. The van der Waals surface area contributed by atoms with Crippen molar-refractivity contribution in [2.45, 2.75) is 24.8 Å². The first-order valence-electron chi connectivity index (χ1n) is 9.04. The first-order chi connectivity index (χ1) is 14.0. The van der Waals surface area contributed by atoms with E-state index >= 15 is 0 Å². The van der Waals surface area contributed by atoms with Crippen molar-refractivity contribution in [1.82, 2.24) is 9.29 Å². The Kier molecular flexibility index (Phi) is 5.68. The fourth-order valence-electron chi connectivity index (χ4n) is 3.02. The number of benzene rings is 1. The number of carbonyl (C=O) groups is 1. The van der Waals surface area contributed by atoms with Crippen LogP contribution in [-0.4, -0.2) is 36.8 Å². The number of nitrogens with zero attached hydrogens (tertiary/aromatic N) is 2. The number of nitrogens with one attached hydrogen (secondary N) is 1. The highest BCUT2D eigenvalue weighted by Crippen LogP contribution is 2.31. The first-order valence-corrected chi connectivity index (χ1v) is 12.2. The minimum Gasteiger partial charge on any atom is -0.494 e. The maximum atomic E-state index is 13.0. The van der Waals surface area contributed by atoms with Crippen LogP contribution in [0.5, 0.6) is 5.75 Å². The van der Waals surface area contributed by atoms with Crippen LogP contribution in [-0.2, 0) is 23.0 Å². The number of hydrogen-bond acceptors (Lipinski definition) is 7. The van der Waals surface area contributed by atoms with Gasteiger partial charge in [-0.2, -0.15) is 4.31 Å². The Bertz CT molecular complexity index is 1110. The average molecular weight is 450 g/mol. The van der Waals surface area contributed by atoms with Gasteiger partial charge in [0.1, 0.15) is 5.75 Å². The van der Waals surface area contributed by atoms with E-state index in [0.717, 1.165) is 10.6 Å². The van der Waals surface area contributed by atoms with E-state index in [0.29, 0.717) is 35.3 Å². The fraction of sp³-hybridized carbons (Fsp3) is 0.263. The summed E-state index contributed by atoms with van der Waals surface area (Å²) in [6.07, 6.45) is 0.511. The molecule has 1 aliphatic heterocycles. The highest BCUT2D eigenvalue weighted by Gasteiger charge is 2.30. The number of carbonyl (C=O) groups excluding carboxylic acids is 1. The summed E-state index contributed by atoms with van der Waals surface area (Å²) in [5.41, 5.74) is 0.842. The monoisotopic (exact) mass is 449 g/mol. The van der Waals surface area contributed by atoms with E-state index in [9.17, 15) is 13.2 Å². The van der Waals surface area contributed by atoms with Crippen LogP contribution < -0.4 is 10.1 Å². The van der Waals surface area contributed by atoms with E-state index in [1.807, 2.05) is 18.4 Å². The van der Waals surface area contributed by atoms with Crippen LogP contribution in [0.2, 0.25) is 0 Å². The summed E-state index contributed by atoms with van der Waals surface area (Å²) in [6.45, 7) is 3.00.